The minimum atomic E-state index is -0.487. The van der Waals surface area contributed by atoms with Gasteiger partial charge < -0.3 is 10.1 Å². The van der Waals surface area contributed by atoms with Gasteiger partial charge in [-0.05, 0) is 42.3 Å². The fraction of sp³-hybridized carbons (Fsp3) is 0.120. The number of hydrogen-bond acceptors (Lipinski definition) is 3. The summed E-state index contributed by atoms with van der Waals surface area (Å²) < 4.78 is 21.2. The van der Waals surface area contributed by atoms with Crippen LogP contribution in [0, 0.1) is 12.7 Å². The number of anilines is 1. The van der Waals surface area contributed by atoms with Gasteiger partial charge in [0, 0.05) is 11.8 Å². The third-order valence-corrected chi connectivity index (χ3v) is 4.91. The molecule has 0 atom stereocenters. The number of nitrogens with zero attached hydrogens (tertiary/aromatic N) is 2. The molecule has 156 valence electrons. The van der Waals surface area contributed by atoms with Crippen LogP contribution in [0.15, 0.2) is 79.0 Å². The first-order valence-corrected chi connectivity index (χ1v) is 9.87. The lowest BCUT2D eigenvalue weighted by atomic mass is 10.1. The molecule has 0 fully saturated rings. The fourth-order valence-electron chi connectivity index (χ4n) is 3.35. The molecular weight excluding hydrogens is 393 g/mol. The van der Waals surface area contributed by atoms with Crippen LogP contribution in [0.1, 0.15) is 21.5 Å². The molecule has 6 heteroatoms. The van der Waals surface area contributed by atoms with E-state index >= 15 is 0 Å². The van der Waals surface area contributed by atoms with Gasteiger partial charge in [0.25, 0.3) is 5.91 Å². The molecular formula is C25H22FN3O2. The predicted octanol–water partition coefficient (Wildman–Crippen LogP) is 5.31. The van der Waals surface area contributed by atoms with Gasteiger partial charge in [0.1, 0.15) is 17.3 Å². The fourth-order valence-corrected chi connectivity index (χ4v) is 3.35. The molecule has 0 saturated carbocycles. The number of benzene rings is 3. The van der Waals surface area contributed by atoms with Crippen LogP contribution in [-0.4, -0.2) is 22.8 Å². The van der Waals surface area contributed by atoms with Crippen LogP contribution in [0.5, 0.6) is 5.75 Å². The van der Waals surface area contributed by atoms with E-state index in [1.807, 2.05) is 61.5 Å². The Morgan fingerprint density at radius 2 is 1.87 bits per heavy atom. The zero-order chi connectivity index (χ0) is 21.8. The lowest BCUT2D eigenvalue weighted by molar-refractivity contribution is 0.102. The zero-order valence-electron chi connectivity index (χ0n) is 17.3. The van der Waals surface area contributed by atoms with E-state index in [2.05, 4.69) is 10.4 Å². The van der Waals surface area contributed by atoms with Crippen LogP contribution in [-0.2, 0) is 6.54 Å². The topological polar surface area (TPSA) is 56.2 Å². The molecule has 0 bridgehead atoms. The van der Waals surface area contributed by atoms with Crippen molar-refractivity contribution in [3.05, 3.63) is 102 Å². The summed E-state index contributed by atoms with van der Waals surface area (Å²) in [6, 6.07) is 21.8. The van der Waals surface area contributed by atoms with Crippen molar-refractivity contribution in [3.8, 4) is 17.0 Å². The average molecular weight is 415 g/mol. The van der Waals surface area contributed by atoms with Crippen LogP contribution < -0.4 is 10.1 Å². The van der Waals surface area contributed by atoms with Gasteiger partial charge >= 0.3 is 0 Å². The van der Waals surface area contributed by atoms with Gasteiger partial charge in [-0.3, -0.25) is 9.48 Å². The lowest BCUT2D eigenvalue weighted by Gasteiger charge is -2.08. The standard InChI is InChI=1S/C25H22FN3O2/c1-17-11-12-22(26)23(13-17)27-25(30)21-16-29(15-18-7-4-3-5-8-18)28-24(21)19-9-6-10-20(14-19)31-2/h3-14,16H,15H2,1-2H3,(H,27,30). The smallest absolute Gasteiger partial charge is 0.259 e. The summed E-state index contributed by atoms with van der Waals surface area (Å²) in [5.74, 6) is -0.258. The molecule has 3 aromatic carbocycles. The molecule has 1 heterocycles. The molecule has 4 aromatic rings. The van der Waals surface area contributed by atoms with Gasteiger partial charge in [-0.2, -0.15) is 5.10 Å². The number of amides is 1. The van der Waals surface area contributed by atoms with Crippen molar-refractivity contribution >= 4 is 11.6 Å². The van der Waals surface area contributed by atoms with E-state index in [4.69, 9.17) is 4.74 Å². The normalized spacial score (nSPS) is 10.7. The number of hydrogen-bond donors (Lipinski definition) is 1. The number of aromatic nitrogens is 2. The number of halogens is 1. The van der Waals surface area contributed by atoms with Crippen molar-refractivity contribution in [2.75, 3.05) is 12.4 Å². The van der Waals surface area contributed by atoms with Crippen molar-refractivity contribution in [2.24, 2.45) is 0 Å². The highest BCUT2D eigenvalue weighted by molar-refractivity contribution is 6.08. The van der Waals surface area contributed by atoms with Gasteiger partial charge in [0.2, 0.25) is 0 Å². The molecule has 31 heavy (non-hydrogen) atoms. The molecule has 0 aliphatic carbocycles. The lowest BCUT2D eigenvalue weighted by Crippen LogP contribution is -2.13. The van der Waals surface area contributed by atoms with Crippen LogP contribution in [0.3, 0.4) is 0 Å². The van der Waals surface area contributed by atoms with Crippen molar-refractivity contribution in [2.45, 2.75) is 13.5 Å². The number of aryl methyl sites for hydroxylation is 1. The van der Waals surface area contributed by atoms with Gasteiger partial charge in [-0.1, -0.05) is 48.5 Å². The highest BCUT2D eigenvalue weighted by atomic mass is 19.1. The Balaban J connectivity index is 1.73. The Bertz CT molecular complexity index is 1220. The molecule has 4 rings (SSSR count). The summed E-state index contributed by atoms with van der Waals surface area (Å²) in [5.41, 5.74) is 3.63. The Hall–Kier alpha value is -3.93. The van der Waals surface area contributed by atoms with E-state index in [0.717, 1.165) is 16.7 Å². The third kappa shape index (κ3) is 4.64. The quantitative estimate of drug-likeness (QED) is 0.465. The summed E-state index contributed by atoms with van der Waals surface area (Å²) in [4.78, 5) is 13.1. The molecule has 0 unspecified atom stereocenters. The van der Waals surface area contributed by atoms with E-state index in [0.29, 0.717) is 23.6 Å². The number of ether oxygens (including phenoxy) is 1. The second kappa shape index (κ2) is 8.83. The van der Waals surface area contributed by atoms with Crippen LogP contribution in [0.25, 0.3) is 11.3 Å². The maximum Gasteiger partial charge on any atom is 0.259 e. The average Bonchev–Trinajstić information content (AvgIpc) is 3.21. The molecule has 1 N–H and O–H groups in total. The summed E-state index contributed by atoms with van der Waals surface area (Å²) in [6.45, 7) is 2.35. The molecule has 0 aliphatic rings. The van der Waals surface area contributed by atoms with Crippen LogP contribution in [0.2, 0.25) is 0 Å². The first kappa shape index (κ1) is 20.3. The van der Waals surface area contributed by atoms with Gasteiger partial charge in [-0.25, -0.2) is 4.39 Å². The second-order valence-corrected chi connectivity index (χ2v) is 7.24. The number of rotatable bonds is 6. The van der Waals surface area contributed by atoms with Gasteiger partial charge in [-0.15, -0.1) is 0 Å². The minimum absolute atomic E-state index is 0.136. The molecule has 1 aromatic heterocycles. The Morgan fingerprint density at radius 1 is 1.06 bits per heavy atom. The third-order valence-electron chi connectivity index (χ3n) is 4.91. The molecule has 0 spiro atoms. The summed E-state index contributed by atoms with van der Waals surface area (Å²) in [6.07, 6.45) is 1.69. The largest absolute Gasteiger partial charge is 0.497 e. The summed E-state index contributed by atoms with van der Waals surface area (Å²) in [7, 11) is 1.58. The Kier molecular flexibility index (Phi) is 5.80. The molecule has 1 amide bonds. The molecule has 0 saturated heterocycles. The highest BCUT2D eigenvalue weighted by Crippen LogP contribution is 2.27. The van der Waals surface area contributed by atoms with Crippen molar-refractivity contribution < 1.29 is 13.9 Å². The number of nitrogens with one attached hydrogen (secondary N) is 1. The number of methoxy groups -OCH3 is 1. The highest BCUT2D eigenvalue weighted by Gasteiger charge is 2.20. The predicted molar refractivity (Wildman–Crippen MR) is 119 cm³/mol. The SMILES string of the molecule is COc1cccc(-c2nn(Cc3ccccc3)cc2C(=O)Nc2cc(C)ccc2F)c1. The molecule has 0 aliphatic heterocycles. The van der Waals surface area contributed by atoms with E-state index < -0.39 is 11.7 Å². The van der Waals surface area contributed by atoms with E-state index in [1.165, 1.54) is 6.07 Å². The first-order chi connectivity index (χ1) is 15.0. The van der Waals surface area contributed by atoms with Crippen molar-refractivity contribution in [3.63, 3.8) is 0 Å². The van der Waals surface area contributed by atoms with Crippen molar-refractivity contribution in [1.29, 1.82) is 0 Å². The molecule has 5 nitrogen and oxygen atoms in total. The molecule has 0 radical (unpaired) electrons. The minimum Gasteiger partial charge on any atom is -0.497 e. The second-order valence-electron chi connectivity index (χ2n) is 7.24. The number of carbonyl (C=O) groups is 1. The van der Waals surface area contributed by atoms with Crippen molar-refractivity contribution in [1.82, 2.24) is 9.78 Å². The monoisotopic (exact) mass is 415 g/mol. The summed E-state index contributed by atoms with van der Waals surface area (Å²) in [5, 5.41) is 7.35. The maximum absolute atomic E-state index is 14.2. The zero-order valence-corrected chi connectivity index (χ0v) is 17.3. The van der Waals surface area contributed by atoms with Gasteiger partial charge in [0.15, 0.2) is 0 Å². The van der Waals surface area contributed by atoms with Gasteiger partial charge in [0.05, 0.1) is 24.9 Å². The Morgan fingerprint density at radius 3 is 2.65 bits per heavy atom. The first-order valence-electron chi connectivity index (χ1n) is 9.87. The summed E-state index contributed by atoms with van der Waals surface area (Å²) >= 11 is 0. The van der Waals surface area contributed by atoms with E-state index in [1.54, 1.807) is 30.1 Å². The number of carbonyl (C=O) groups excluding carboxylic acids is 1. The van der Waals surface area contributed by atoms with Crippen LogP contribution in [0.4, 0.5) is 10.1 Å². The van der Waals surface area contributed by atoms with E-state index in [-0.39, 0.29) is 5.69 Å². The Labute approximate surface area is 180 Å². The van der Waals surface area contributed by atoms with E-state index in [9.17, 15) is 9.18 Å². The maximum atomic E-state index is 14.2. The van der Waals surface area contributed by atoms with Crippen LogP contribution >= 0.6 is 0 Å².